The number of amides is 5. The topological polar surface area (TPSA) is 223 Å². The fourth-order valence-electron chi connectivity index (χ4n) is 4.23. The van der Waals surface area contributed by atoms with Gasteiger partial charge in [0.25, 0.3) is 0 Å². The molecule has 0 heterocycles. The van der Waals surface area contributed by atoms with Gasteiger partial charge in [0.05, 0.1) is 13.1 Å². The molecule has 0 bridgehead atoms. The van der Waals surface area contributed by atoms with Crippen molar-refractivity contribution in [3.8, 4) is 0 Å². The number of carbonyl (C=O) groups is 6. The Kier molecular flexibility index (Phi) is 21.6. The lowest BCUT2D eigenvalue weighted by Crippen LogP contribution is -2.46. The lowest BCUT2D eigenvalue weighted by atomic mass is 10.1. The number of carboxylic acids is 1. The van der Waals surface area contributed by atoms with Crippen LogP contribution >= 0.6 is 0 Å². The molecule has 0 rings (SSSR count). The van der Waals surface area contributed by atoms with Crippen molar-refractivity contribution in [2.75, 3.05) is 13.1 Å². The van der Waals surface area contributed by atoms with Crippen LogP contribution < -0.4 is 32.7 Å². The first kappa shape index (κ1) is 37.8. The molecule has 5 amide bonds. The molecule has 0 aliphatic heterocycles. The van der Waals surface area contributed by atoms with E-state index in [1.165, 1.54) is 32.1 Å². The van der Waals surface area contributed by atoms with Crippen molar-refractivity contribution >= 4 is 35.5 Å². The molecule has 0 spiro atoms. The zero-order valence-corrected chi connectivity index (χ0v) is 24.8. The van der Waals surface area contributed by atoms with E-state index in [1.54, 1.807) is 6.92 Å². The number of nitrogens with one attached hydrogen (secondary N) is 4. The van der Waals surface area contributed by atoms with Crippen molar-refractivity contribution in [3.05, 3.63) is 0 Å². The van der Waals surface area contributed by atoms with Gasteiger partial charge >= 0.3 is 5.97 Å². The van der Waals surface area contributed by atoms with Crippen molar-refractivity contribution in [2.45, 2.75) is 128 Å². The molecular formula is C28H52N6O7. The standard InChI is InChI=1S/C28H52N6O7/c1-3-4-5-6-7-8-9-10-11-15-23(35)31-19-26(38)34-22(28(40)41)16-17-24(36)32-20(2)13-12-14-21(27(30)39)33-25(37)18-29/h20-22H,3-19,29H2,1-2H3,(H2,30,39)(H,31,35)(H,32,36)(H,33,37)(H,34,38)(H,40,41). The minimum Gasteiger partial charge on any atom is -0.480 e. The molecule has 3 atom stereocenters. The lowest BCUT2D eigenvalue weighted by molar-refractivity contribution is -0.142. The SMILES string of the molecule is CCCCCCCCCCCC(=O)NCC(=O)NC(CCC(=O)NC(C)CCCC(NC(=O)CN)C(N)=O)C(=O)O. The number of carbonyl (C=O) groups excluding carboxylic acids is 5. The molecule has 0 saturated carbocycles. The maximum atomic E-state index is 12.3. The second kappa shape index (κ2) is 23.5. The zero-order valence-electron chi connectivity index (χ0n) is 24.8. The fraction of sp³-hybridized carbons (Fsp3) is 0.786. The number of unbranched alkanes of at least 4 members (excludes halogenated alkanes) is 8. The van der Waals surface area contributed by atoms with Crippen molar-refractivity contribution in [2.24, 2.45) is 11.5 Å². The molecular weight excluding hydrogens is 532 g/mol. The van der Waals surface area contributed by atoms with Crippen molar-refractivity contribution < 1.29 is 33.9 Å². The van der Waals surface area contributed by atoms with Gasteiger partial charge in [0, 0.05) is 18.9 Å². The summed E-state index contributed by atoms with van der Waals surface area (Å²) in [6.45, 7) is 3.35. The molecule has 0 aliphatic carbocycles. The average Bonchev–Trinajstić information content (AvgIpc) is 2.92. The second-order valence-corrected chi connectivity index (χ2v) is 10.5. The number of primary amides is 1. The third kappa shape index (κ3) is 21.2. The smallest absolute Gasteiger partial charge is 0.326 e. The molecule has 0 aromatic carbocycles. The number of aliphatic carboxylic acids is 1. The van der Waals surface area contributed by atoms with Gasteiger partial charge in [0.15, 0.2) is 0 Å². The van der Waals surface area contributed by atoms with E-state index >= 15 is 0 Å². The van der Waals surface area contributed by atoms with Crippen molar-refractivity contribution in [1.29, 1.82) is 0 Å². The molecule has 13 nitrogen and oxygen atoms in total. The van der Waals surface area contributed by atoms with Crippen LogP contribution in [0.5, 0.6) is 0 Å². The summed E-state index contributed by atoms with van der Waals surface area (Å²) in [5, 5.41) is 19.5. The van der Waals surface area contributed by atoms with Crippen molar-refractivity contribution in [1.82, 2.24) is 21.3 Å². The van der Waals surface area contributed by atoms with Gasteiger partial charge < -0.3 is 37.8 Å². The van der Waals surface area contributed by atoms with E-state index in [-0.39, 0.29) is 44.3 Å². The van der Waals surface area contributed by atoms with E-state index in [1.807, 2.05) is 0 Å². The maximum Gasteiger partial charge on any atom is 0.326 e. The van der Waals surface area contributed by atoms with Gasteiger partial charge in [-0.2, -0.15) is 0 Å². The summed E-state index contributed by atoms with van der Waals surface area (Å²) in [5.41, 5.74) is 10.5. The highest BCUT2D eigenvalue weighted by molar-refractivity contribution is 5.88. The molecule has 0 saturated heterocycles. The highest BCUT2D eigenvalue weighted by Crippen LogP contribution is 2.10. The number of rotatable bonds is 25. The molecule has 0 fully saturated rings. The van der Waals surface area contributed by atoms with Crippen LogP contribution in [0.3, 0.4) is 0 Å². The normalized spacial score (nSPS) is 13.0. The molecule has 3 unspecified atom stereocenters. The third-order valence-electron chi connectivity index (χ3n) is 6.65. The Bertz CT molecular complexity index is 824. The van der Waals surface area contributed by atoms with Gasteiger partial charge in [-0.1, -0.05) is 58.3 Å². The summed E-state index contributed by atoms with van der Waals surface area (Å²) < 4.78 is 0. The Morgan fingerprint density at radius 3 is 1.80 bits per heavy atom. The molecule has 13 heteroatoms. The molecule has 9 N–H and O–H groups in total. The third-order valence-corrected chi connectivity index (χ3v) is 6.65. The van der Waals surface area contributed by atoms with Crippen LogP contribution in [0.2, 0.25) is 0 Å². The van der Waals surface area contributed by atoms with E-state index in [2.05, 4.69) is 28.2 Å². The summed E-state index contributed by atoms with van der Waals surface area (Å²) in [4.78, 5) is 70.8. The van der Waals surface area contributed by atoms with Crippen LogP contribution in [0.25, 0.3) is 0 Å². The average molecular weight is 585 g/mol. The molecule has 0 aromatic rings. The van der Waals surface area contributed by atoms with E-state index in [0.717, 1.165) is 25.7 Å². The Morgan fingerprint density at radius 1 is 0.659 bits per heavy atom. The number of hydrogen-bond acceptors (Lipinski definition) is 7. The highest BCUT2D eigenvalue weighted by atomic mass is 16.4. The van der Waals surface area contributed by atoms with Crippen LogP contribution in [-0.2, 0) is 28.8 Å². The summed E-state index contributed by atoms with van der Waals surface area (Å²) in [5.74, 6) is -3.74. The van der Waals surface area contributed by atoms with Crippen LogP contribution in [-0.4, -0.2) is 71.8 Å². The quantitative estimate of drug-likeness (QED) is 0.0764. The lowest BCUT2D eigenvalue weighted by Gasteiger charge is -2.18. The Hall–Kier alpha value is -3.22. The largest absolute Gasteiger partial charge is 0.480 e. The molecule has 0 aliphatic rings. The summed E-state index contributed by atoms with van der Waals surface area (Å²) >= 11 is 0. The molecule has 41 heavy (non-hydrogen) atoms. The van der Waals surface area contributed by atoms with E-state index in [4.69, 9.17) is 11.5 Å². The highest BCUT2D eigenvalue weighted by Gasteiger charge is 2.22. The van der Waals surface area contributed by atoms with Gasteiger partial charge in [-0.15, -0.1) is 0 Å². The first-order valence-electron chi connectivity index (χ1n) is 14.9. The monoisotopic (exact) mass is 584 g/mol. The van der Waals surface area contributed by atoms with Crippen molar-refractivity contribution in [3.63, 3.8) is 0 Å². The predicted octanol–water partition coefficient (Wildman–Crippen LogP) is 0.977. The maximum absolute atomic E-state index is 12.3. The van der Waals surface area contributed by atoms with Gasteiger partial charge in [-0.3, -0.25) is 24.0 Å². The van der Waals surface area contributed by atoms with Crippen LogP contribution in [0, 0.1) is 0 Å². The number of nitrogens with two attached hydrogens (primary N) is 2. The van der Waals surface area contributed by atoms with Gasteiger partial charge in [0.2, 0.25) is 29.5 Å². The summed E-state index contributed by atoms with van der Waals surface area (Å²) in [6, 6.07) is -2.41. The Labute approximate surface area is 243 Å². The zero-order chi connectivity index (χ0) is 31.0. The number of hydrogen-bond donors (Lipinski definition) is 7. The van der Waals surface area contributed by atoms with Crippen LogP contribution in [0.15, 0.2) is 0 Å². The van der Waals surface area contributed by atoms with E-state index in [9.17, 15) is 33.9 Å². The molecule has 236 valence electrons. The van der Waals surface area contributed by atoms with Crippen LogP contribution in [0.4, 0.5) is 0 Å². The minimum absolute atomic E-state index is 0.124. The number of carboxylic acid groups (broad SMARTS) is 1. The fourth-order valence-corrected chi connectivity index (χ4v) is 4.23. The minimum atomic E-state index is -1.28. The van der Waals surface area contributed by atoms with Gasteiger partial charge in [-0.25, -0.2) is 4.79 Å². The first-order valence-corrected chi connectivity index (χ1v) is 14.9. The van der Waals surface area contributed by atoms with E-state index < -0.39 is 41.7 Å². The first-order chi connectivity index (χ1) is 19.5. The van der Waals surface area contributed by atoms with Gasteiger partial charge in [-0.05, 0) is 39.0 Å². The Balaban J connectivity index is 4.21. The second-order valence-electron chi connectivity index (χ2n) is 10.5. The van der Waals surface area contributed by atoms with E-state index in [0.29, 0.717) is 19.3 Å². The molecule has 0 radical (unpaired) electrons. The molecule has 0 aromatic heterocycles. The van der Waals surface area contributed by atoms with Gasteiger partial charge in [0.1, 0.15) is 12.1 Å². The predicted molar refractivity (Wildman–Crippen MR) is 155 cm³/mol. The Morgan fingerprint density at radius 2 is 1.24 bits per heavy atom. The summed E-state index contributed by atoms with van der Waals surface area (Å²) in [6.07, 6.45) is 11.5. The summed E-state index contributed by atoms with van der Waals surface area (Å²) in [7, 11) is 0. The van der Waals surface area contributed by atoms with Crippen LogP contribution in [0.1, 0.15) is 110 Å².